The van der Waals surface area contributed by atoms with Gasteiger partial charge in [-0.05, 0) is 128 Å². The summed E-state index contributed by atoms with van der Waals surface area (Å²) < 4.78 is 12.5. The quantitative estimate of drug-likeness (QED) is 0.0946. The Bertz CT molecular complexity index is 1960. The minimum Gasteiger partial charge on any atom is -0.481 e. The maximum absolute atomic E-state index is 14.0. The predicted molar refractivity (Wildman–Crippen MR) is 242 cm³/mol. The molecule has 21 unspecified atom stereocenters. The number of amides is 1. The van der Waals surface area contributed by atoms with Gasteiger partial charge in [-0.15, -0.1) is 0 Å². The molecular formula is C50H80N4O12. The topological polar surface area (TPSA) is 281 Å². The molecule has 4 saturated carbocycles. The Labute approximate surface area is 389 Å². The fraction of sp³-hybridized carbons (Fsp3) is 0.860. The average molecular weight is 929 g/mol. The number of aliphatic carboxylic acids is 1. The molecule has 0 aromatic carbocycles. The van der Waals surface area contributed by atoms with Gasteiger partial charge in [-0.3, -0.25) is 9.59 Å². The lowest BCUT2D eigenvalue weighted by molar-refractivity contribution is -0.341. The minimum absolute atomic E-state index is 0.0130. The second kappa shape index (κ2) is 18.0. The molecule has 16 nitrogen and oxygen atoms in total. The van der Waals surface area contributed by atoms with Gasteiger partial charge in [0.15, 0.2) is 6.29 Å². The Morgan fingerprint density at radius 3 is 2.36 bits per heavy atom. The van der Waals surface area contributed by atoms with Crippen LogP contribution in [0.1, 0.15) is 124 Å². The van der Waals surface area contributed by atoms with Crippen LogP contribution in [0.2, 0.25) is 0 Å². The summed E-state index contributed by atoms with van der Waals surface area (Å²) >= 11 is 0. The Balaban J connectivity index is 1.29. The number of aliphatic hydroxyl groups is 7. The summed E-state index contributed by atoms with van der Waals surface area (Å²) in [6.45, 7) is 12.4. The number of aliphatic hydroxyl groups excluding tert-OH is 7. The highest BCUT2D eigenvalue weighted by Crippen LogP contribution is 2.78. The molecule has 0 bridgehead atoms. The summed E-state index contributed by atoms with van der Waals surface area (Å²) in [5.74, 6) is -3.86. The van der Waals surface area contributed by atoms with Gasteiger partial charge in [-0.1, -0.05) is 59.6 Å². The molecular weight excluding hydrogens is 849 g/mol. The average Bonchev–Trinajstić information content (AvgIpc) is 3.94. The number of carbonyl (C=O) groups is 2. The van der Waals surface area contributed by atoms with Crippen molar-refractivity contribution in [2.45, 2.75) is 161 Å². The number of nitrogens with two attached hydrogens (primary N) is 1. The number of hydrogen-bond donors (Lipinski definition) is 11. The van der Waals surface area contributed by atoms with Crippen molar-refractivity contribution in [3.05, 3.63) is 29.9 Å². The predicted octanol–water partition coefficient (Wildman–Crippen LogP) is 2.83. The summed E-state index contributed by atoms with van der Waals surface area (Å²) in [7, 11) is 0. The lowest BCUT2D eigenvalue weighted by Crippen LogP contribution is -2.73. The zero-order chi connectivity index (χ0) is 47.9. The van der Waals surface area contributed by atoms with Gasteiger partial charge >= 0.3 is 5.97 Å². The molecule has 2 aliphatic heterocycles. The summed E-state index contributed by atoms with van der Waals surface area (Å²) in [4.78, 5) is 35.3. The standard InChI is InChI=1S/C50H80N4O12/c1-7-26-18-50(44(63)64)15-14-45(2,23-56)19-32(50)30-10-11-36-47(4,49(26,30)6)13-12-35-46(3,24-57)41(66-43-40(61)39(60)34(58)22-65-43)38(59)31(48(35,36)5)17-28-29(21-55)42(62)54-37(28)27(9-8-16-51)33-20-52-25-53-33/h10,20,25-29,31-32,34-41,43,55-61H,7-9,11-19,21-24,51H2,1-6H3,(H,52,53)(H,54,62)(H,63,64). The first-order valence-corrected chi connectivity index (χ1v) is 25.0. The van der Waals surface area contributed by atoms with Crippen LogP contribution in [-0.4, -0.2) is 139 Å². The molecule has 5 aliphatic carbocycles. The number of carboxylic acids is 1. The summed E-state index contributed by atoms with van der Waals surface area (Å²) in [6.07, 6.45) is 3.76. The molecule has 1 aromatic heterocycles. The summed E-state index contributed by atoms with van der Waals surface area (Å²) in [5, 5.41) is 93.7. The maximum Gasteiger partial charge on any atom is 0.310 e. The van der Waals surface area contributed by atoms with Gasteiger partial charge < -0.3 is 66.4 Å². The van der Waals surface area contributed by atoms with Crippen LogP contribution in [-0.2, 0) is 19.1 Å². The molecule has 7 aliphatic rings. The van der Waals surface area contributed by atoms with Crippen LogP contribution in [0.15, 0.2) is 24.2 Å². The number of carboxylic acid groups (broad SMARTS) is 1. The van der Waals surface area contributed by atoms with Crippen molar-refractivity contribution < 1.29 is 59.9 Å². The van der Waals surface area contributed by atoms with E-state index >= 15 is 0 Å². The number of nitrogens with zero attached hydrogens (tertiary/aromatic N) is 1. The lowest BCUT2D eigenvalue weighted by atomic mass is 9.30. The van der Waals surface area contributed by atoms with Crippen LogP contribution in [0, 0.1) is 73.9 Å². The first kappa shape index (κ1) is 49.9. The van der Waals surface area contributed by atoms with Gasteiger partial charge in [0.2, 0.25) is 5.91 Å². The number of ether oxygens (including phenoxy) is 2. The van der Waals surface area contributed by atoms with E-state index in [0.29, 0.717) is 57.9 Å². The van der Waals surface area contributed by atoms with Gasteiger partial charge in [0.1, 0.15) is 18.3 Å². The number of fused-ring (bicyclic) bond motifs is 7. The van der Waals surface area contributed by atoms with E-state index in [-0.39, 0.29) is 61.7 Å². The number of carbonyl (C=O) groups excluding carboxylic acids is 1. The highest BCUT2D eigenvalue weighted by atomic mass is 16.7. The normalized spacial score (nSPS) is 49.4. The van der Waals surface area contributed by atoms with E-state index in [4.69, 9.17) is 15.2 Å². The third-order valence-electron chi connectivity index (χ3n) is 20.7. The fourth-order valence-electron chi connectivity index (χ4n) is 16.8. The van der Waals surface area contributed by atoms with Crippen molar-refractivity contribution in [2.75, 3.05) is 33.0 Å². The maximum atomic E-state index is 14.0. The first-order valence-electron chi connectivity index (χ1n) is 25.0. The molecule has 1 amide bonds. The molecule has 3 heterocycles. The van der Waals surface area contributed by atoms with Crippen molar-refractivity contribution in [2.24, 2.45) is 79.6 Å². The fourth-order valence-corrected chi connectivity index (χ4v) is 16.8. The molecule has 8 rings (SSSR count). The lowest BCUT2D eigenvalue weighted by Gasteiger charge is -2.74. The van der Waals surface area contributed by atoms with Gasteiger partial charge in [-0.2, -0.15) is 0 Å². The third kappa shape index (κ3) is 7.22. The van der Waals surface area contributed by atoms with Gasteiger partial charge in [0.05, 0.1) is 49.7 Å². The monoisotopic (exact) mass is 929 g/mol. The van der Waals surface area contributed by atoms with Crippen molar-refractivity contribution in [1.29, 1.82) is 0 Å². The van der Waals surface area contributed by atoms with Crippen molar-refractivity contribution in [3.63, 3.8) is 0 Å². The highest BCUT2D eigenvalue weighted by Gasteiger charge is 2.75. The summed E-state index contributed by atoms with van der Waals surface area (Å²) in [5.41, 5.74) is 3.90. The zero-order valence-electron chi connectivity index (χ0n) is 39.9. The smallest absolute Gasteiger partial charge is 0.310 e. The zero-order valence-corrected chi connectivity index (χ0v) is 39.9. The molecule has 6 fully saturated rings. The van der Waals surface area contributed by atoms with Crippen LogP contribution in [0.4, 0.5) is 0 Å². The van der Waals surface area contributed by atoms with E-state index < -0.39 is 106 Å². The number of H-pyrrole nitrogens is 1. The van der Waals surface area contributed by atoms with Crippen LogP contribution >= 0.6 is 0 Å². The van der Waals surface area contributed by atoms with Gasteiger partial charge in [-0.25, -0.2) is 4.98 Å². The van der Waals surface area contributed by atoms with Crippen LogP contribution in [0.25, 0.3) is 0 Å². The molecule has 66 heavy (non-hydrogen) atoms. The van der Waals surface area contributed by atoms with E-state index in [1.807, 2.05) is 6.92 Å². The number of hydrogen-bond acceptors (Lipinski definition) is 13. The number of rotatable bonds is 14. The summed E-state index contributed by atoms with van der Waals surface area (Å²) in [6, 6.07) is -0.467. The minimum atomic E-state index is -1.65. The third-order valence-corrected chi connectivity index (χ3v) is 20.7. The Morgan fingerprint density at radius 2 is 1.74 bits per heavy atom. The van der Waals surface area contributed by atoms with Crippen molar-refractivity contribution in [3.8, 4) is 0 Å². The first-order chi connectivity index (χ1) is 31.2. The SMILES string of the molecule is CCC1CC2(C(=O)O)CCC(C)(CO)CC2C2=CCC3C4(C)C(CC5C(CO)C(=O)NC5C(CCCN)c5cnc[nH]5)C(O)C(OC5OCC(O)C(O)C5O)C(C)(CO)C4CCC3(C)C21C. The van der Waals surface area contributed by atoms with Crippen molar-refractivity contribution in [1.82, 2.24) is 15.3 Å². The molecule has 1 aromatic rings. The molecule has 0 radical (unpaired) electrons. The Hall–Kier alpha value is -2.51. The van der Waals surface area contributed by atoms with Gasteiger partial charge in [0.25, 0.3) is 0 Å². The van der Waals surface area contributed by atoms with E-state index in [2.05, 4.69) is 56.0 Å². The highest BCUT2D eigenvalue weighted by molar-refractivity contribution is 5.82. The van der Waals surface area contributed by atoms with Crippen LogP contribution in [0.3, 0.4) is 0 Å². The molecule has 21 atom stereocenters. The number of aromatic nitrogens is 2. The van der Waals surface area contributed by atoms with Crippen molar-refractivity contribution >= 4 is 11.9 Å². The Kier molecular flexibility index (Phi) is 13.6. The van der Waals surface area contributed by atoms with E-state index in [0.717, 1.165) is 18.5 Å². The second-order valence-corrected chi connectivity index (χ2v) is 23.4. The van der Waals surface area contributed by atoms with Gasteiger partial charge in [0, 0.05) is 35.9 Å². The largest absolute Gasteiger partial charge is 0.481 e. The van der Waals surface area contributed by atoms with E-state index in [1.165, 1.54) is 5.57 Å². The van der Waals surface area contributed by atoms with E-state index in [1.54, 1.807) is 12.5 Å². The van der Waals surface area contributed by atoms with E-state index in [9.17, 15) is 50.4 Å². The molecule has 0 spiro atoms. The number of nitrogens with one attached hydrogen (secondary N) is 2. The molecule has 2 saturated heterocycles. The van der Waals surface area contributed by atoms with Crippen LogP contribution in [0.5, 0.6) is 0 Å². The molecule has 12 N–H and O–H groups in total. The van der Waals surface area contributed by atoms with Crippen LogP contribution < -0.4 is 11.1 Å². The second-order valence-electron chi connectivity index (χ2n) is 23.4. The Morgan fingerprint density at radius 1 is 1.00 bits per heavy atom. The molecule has 16 heteroatoms. The number of aromatic amines is 1. The number of imidazole rings is 1. The molecule has 372 valence electrons. The number of allylic oxidation sites excluding steroid dienone is 2.